The van der Waals surface area contributed by atoms with Crippen molar-refractivity contribution in [3.63, 3.8) is 0 Å². The molecule has 1 atom stereocenters. The molecule has 0 amide bonds. The number of unbranched alkanes of at least 4 members (excludes halogenated alkanes) is 14. The fourth-order valence-electron chi connectivity index (χ4n) is 5.46. The highest BCUT2D eigenvalue weighted by atomic mass is 16.6. The monoisotopic (exact) mass is 751 g/mol. The maximum atomic E-state index is 12.7. The summed E-state index contributed by atoms with van der Waals surface area (Å²) in [6, 6.07) is 0. The molecule has 0 heterocycles. The molecular weight excluding hydrogens is 673 g/mol. The van der Waals surface area contributed by atoms with Crippen LogP contribution in [0.25, 0.3) is 0 Å². The molecule has 0 rings (SSSR count). The Hall–Kier alpha value is -3.41. The Morgan fingerprint density at radius 2 is 0.833 bits per heavy atom. The fourth-order valence-corrected chi connectivity index (χ4v) is 5.46. The van der Waals surface area contributed by atoms with Crippen molar-refractivity contribution in [2.45, 2.75) is 187 Å². The van der Waals surface area contributed by atoms with E-state index in [-0.39, 0.29) is 31.1 Å². The third kappa shape index (κ3) is 39.8. The van der Waals surface area contributed by atoms with Gasteiger partial charge in [0.15, 0.2) is 6.10 Å². The van der Waals surface area contributed by atoms with Crippen LogP contribution >= 0.6 is 0 Å². The second-order valence-corrected chi connectivity index (χ2v) is 13.9. The van der Waals surface area contributed by atoms with Crippen LogP contribution in [0.3, 0.4) is 0 Å². The quantitative estimate of drug-likeness (QED) is 0.0207. The Balaban J connectivity index is 4.48. The smallest absolute Gasteiger partial charge is 0.306 e. The van der Waals surface area contributed by atoms with E-state index in [1.165, 1.54) is 25.7 Å². The third-order valence-electron chi connectivity index (χ3n) is 8.68. The first-order chi connectivity index (χ1) is 26.5. The average molecular weight is 751 g/mol. The van der Waals surface area contributed by atoms with Crippen LogP contribution in [0.5, 0.6) is 0 Å². The maximum Gasteiger partial charge on any atom is 0.306 e. The predicted octanol–water partition coefficient (Wildman–Crippen LogP) is 13.7. The van der Waals surface area contributed by atoms with E-state index in [1.54, 1.807) is 0 Å². The van der Waals surface area contributed by atoms with Gasteiger partial charge in [0.2, 0.25) is 0 Å². The van der Waals surface area contributed by atoms with Crippen molar-refractivity contribution in [3.8, 4) is 0 Å². The molecular formula is C48H78O6. The van der Waals surface area contributed by atoms with Gasteiger partial charge in [-0.15, -0.1) is 0 Å². The van der Waals surface area contributed by atoms with Crippen LogP contribution in [0.15, 0.2) is 85.1 Å². The SMILES string of the molecule is CC\C=C/C=C\C=C/CCCCCCCC(=O)OC(COC(=O)CCC/C=C\CCCCCC)COC(=O)CCCCCC/C=C\C/C=C\C/C=C\CC. The first-order valence-electron chi connectivity index (χ1n) is 21.6. The van der Waals surface area contributed by atoms with E-state index in [0.717, 1.165) is 109 Å². The summed E-state index contributed by atoms with van der Waals surface area (Å²) in [5.74, 6) is -0.996. The lowest BCUT2D eigenvalue weighted by molar-refractivity contribution is -0.167. The lowest BCUT2D eigenvalue weighted by atomic mass is 10.1. The molecule has 0 radical (unpaired) electrons. The summed E-state index contributed by atoms with van der Waals surface area (Å²) < 4.78 is 16.6. The topological polar surface area (TPSA) is 78.9 Å². The van der Waals surface area contributed by atoms with E-state index < -0.39 is 6.10 Å². The Bertz CT molecular complexity index is 1090. The number of hydrogen-bond donors (Lipinski definition) is 0. The zero-order chi connectivity index (χ0) is 39.4. The van der Waals surface area contributed by atoms with Crippen molar-refractivity contribution in [1.29, 1.82) is 0 Å². The number of rotatable bonds is 37. The highest BCUT2D eigenvalue weighted by Crippen LogP contribution is 2.12. The summed E-state index contributed by atoms with van der Waals surface area (Å²) >= 11 is 0. The summed E-state index contributed by atoms with van der Waals surface area (Å²) in [6.07, 6.45) is 52.9. The lowest BCUT2D eigenvalue weighted by Gasteiger charge is -2.18. The number of carbonyl (C=O) groups excluding carboxylic acids is 3. The van der Waals surface area contributed by atoms with Crippen LogP contribution < -0.4 is 0 Å². The zero-order valence-corrected chi connectivity index (χ0v) is 34.7. The van der Waals surface area contributed by atoms with Crippen molar-refractivity contribution in [2.24, 2.45) is 0 Å². The van der Waals surface area contributed by atoms with E-state index in [4.69, 9.17) is 14.2 Å². The molecule has 0 fully saturated rings. The zero-order valence-electron chi connectivity index (χ0n) is 34.7. The Labute approximate surface area is 331 Å². The molecule has 0 aromatic rings. The number of allylic oxidation sites excluding steroid dienone is 14. The molecule has 6 nitrogen and oxygen atoms in total. The van der Waals surface area contributed by atoms with E-state index in [2.05, 4.69) is 99.8 Å². The van der Waals surface area contributed by atoms with Gasteiger partial charge in [-0.1, -0.05) is 157 Å². The number of hydrogen-bond acceptors (Lipinski definition) is 6. The lowest BCUT2D eigenvalue weighted by Crippen LogP contribution is -2.30. The predicted molar refractivity (Wildman–Crippen MR) is 228 cm³/mol. The van der Waals surface area contributed by atoms with Crippen LogP contribution in [0, 0.1) is 0 Å². The highest BCUT2D eigenvalue weighted by Gasteiger charge is 2.19. The van der Waals surface area contributed by atoms with Gasteiger partial charge in [0.05, 0.1) is 0 Å². The minimum Gasteiger partial charge on any atom is -0.462 e. The third-order valence-corrected chi connectivity index (χ3v) is 8.68. The number of carbonyl (C=O) groups is 3. The molecule has 54 heavy (non-hydrogen) atoms. The minimum absolute atomic E-state index is 0.107. The van der Waals surface area contributed by atoms with Crippen LogP contribution in [0.4, 0.5) is 0 Å². The van der Waals surface area contributed by atoms with Gasteiger partial charge in [0.1, 0.15) is 13.2 Å². The molecule has 6 heteroatoms. The van der Waals surface area contributed by atoms with Gasteiger partial charge in [0, 0.05) is 19.3 Å². The van der Waals surface area contributed by atoms with E-state index in [0.29, 0.717) is 25.7 Å². The molecule has 306 valence electrons. The summed E-state index contributed by atoms with van der Waals surface area (Å²) in [7, 11) is 0. The second kappa shape index (κ2) is 42.3. The number of esters is 3. The van der Waals surface area contributed by atoms with E-state index >= 15 is 0 Å². The Morgan fingerprint density at radius 3 is 1.43 bits per heavy atom. The molecule has 0 aliphatic carbocycles. The minimum atomic E-state index is -0.804. The van der Waals surface area contributed by atoms with Crippen LogP contribution in [-0.4, -0.2) is 37.2 Å². The Kier molecular flexibility index (Phi) is 39.7. The van der Waals surface area contributed by atoms with Gasteiger partial charge < -0.3 is 14.2 Å². The largest absolute Gasteiger partial charge is 0.462 e. The molecule has 1 unspecified atom stereocenters. The normalized spacial score (nSPS) is 12.9. The first kappa shape index (κ1) is 50.6. The van der Waals surface area contributed by atoms with E-state index in [1.807, 2.05) is 6.08 Å². The molecule has 0 bridgehead atoms. The van der Waals surface area contributed by atoms with E-state index in [9.17, 15) is 14.4 Å². The van der Waals surface area contributed by atoms with Gasteiger partial charge in [-0.2, -0.15) is 0 Å². The molecule has 0 aliphatic rings. The molecule has 0 N–H and O–H groups in total. The summed E-state index contributed by atoms with van der Waals surface area (Å²) in [4.78, 5) is 37.6. The standard InChI is InChI=1S/C48H78O6/c1-4-7-10-13-16-19-21-23-25-26-29-32-35-38-41-47(50)53-44-45(43-52-46(49)40-37-34-31-28-18-15-12-9-6-3)54-48(51)42-39-36-33-30-27-24-22-20-17-14-11-8-5-2/h7-8,10-11,14,16-17,19-20,22-23,25,28,31,45H,4-6,9,12-13,15,18,21,24,26-27,29-30,32-44H2,1-3H3/b10-7-,11-8-,17-14-,19-16-,22-20-,25-23-,31-28-. The highest BCUT2D eigenvalue weighted by molar-refractivity contribution is 5.71. The Morgan fingerprint density at radius 1 is 0.407 bits per heavy atom. The summed E-state index contributed by atoms with van der Waals surface area (Å²) in [6.45, 7) is 6.26. The number of ether oxygens (including phenoxy) is 3. The van der Waals surface area contributed by atoms with Crippen molar-refractivity contribution in [3.05, 3.63) is 85.1 Å². The van der Waals surface area contributed by atoms with Crippen LogP contribution in [-0.2, 0) is 28.6 Å². The maximum absolute atomic E-state index is 12.7. The molecule has 0 aromatic heterocycles. The van der Waals surface area contributed by atoms with Crippen molar-refractivity contribution < 1.29 is 28.6 Å². The van der Waals surface area contributed by atoms with Gasteiger partial charge in [0.25, 0.3) is 0 Å². The average Bonchev–Trinajstić information content (AvgIpc) is 3.17. The van der Waals surface area contributed by atoms with Crippen molar-refractivity contribution in [2.75, 3.05) is 13.2 Å². The molecule has 0 saturated carbocycles. The molecule has 0 spiro atoms. The summed E-state index contributed by atoms with van der Waals surface area (Å²) in [5.41, 5.74) is 0. The van der Waals surface area contributed by atoms with Gasteiger partial charge in [-0.25, -0.2) is 0 Å². The van der Waals surface area contributed by atoms with Crippen molar-refractivity contribution >= 4 is 17.9 Å². The first-order valence-corrected chi connectivity index (χ1v) is 21.6. The second-order valence-electron chi connectivity index (χ2n) is 13.9. The summed E-state index contributed by atoms with van der Waals surface area (Å²) in [5, 5.41) is 0. The molecule has 0 saturated heterocycles. The van der Waals surface area contributed by atoms with Crippen molar-refractivity contribution in [1.82, 2.24) is 0 Å². The van der Waals surface area contributed by atoms with Gasteiger partial charge in [-0.3, -0.25) is 14.4 Å². The van der Waals surface area contributed by atoms with Crippen LogP contribution in [0.1, 0.15) is 181 Å². The van der Waals surface area contributed by atoms with Crippen LogP contribution in [0.2, 0.25) is 0 Å². The van der Waals surface area contributed by atoms with Gasteiger partial charge in [-0.05, 0) is 89.9 Å². The molecule has 0 aromatic carbocycles. The fraction of sp³-hybridized carbons (Fsp3) is 0.646. The molecule has 0 aliphatic heterocycles. The van der Waals surface area contributed by atoms with Gasteiger partial charge >= 0.3 is 17.9 Å².